The molecular weight excluding hydrogens is 242 g/mol. The van der Waals surface area contributed by atoms with Gasteiger partial charge < -0.3 is 15.4 Å². The molecule has 96 valence electrons. The van der Waals surface area contributed by atoms with E-state index in [9.17, 15) is 4.79 Å². The Hall–Kier alpha value is -1.08. The van der Waals surface area contributed by atoms with Crippen LogP contribution in [-0.4, -0.2) is 33.0 Å². The third kappa shape index (κ3) is 4.35. The normalized spacial score (nSPS) is 13.6. The number of aromatic nitrogens is 2. The number of thioether (sulfide) groups is 1. The quantitative estimate of drug-likeness (QED) is 0.813. The number of hydrogen-bond acceptors (Lipinski definition) is 6. The summed E-state index contributed by atoms with van der Waals surface area (Å²) in [7, 11) is 0. The molecule has 3 N–H and O–H groups in total. The van der Waals surface area contributed by atoms with Crippen molar-refractivity contribution in [3.05, 3.63) is 11.7 Å². The SMILES string of the molecule is CC(C)(C)c1nc(CSC[C@H](N)C(=O)O)no1. The number of carboxylic acids is 1. The summed E-state index contributed by atoms with van der Waals surface area (Å²) in [6.45, 7) is 5.95. The molecule has 1 aromatic rings. The van der Waals surface area contributed by atoms with Crippen LogP contribution in [-0.2, 0) is 16.0 Å². The van der Waals surface area contributed by atoms with Gasteiger partial charge in [0.1, 0.15) is 6.04 Å². The molecule has 1 atom stereocenters. The van der Waals surface area contributed by atoms with E-state index in [0.29, 0.717) is 23.2 Å². The van der Waals surface area contributed by atoms with Crippen molar-refractivity contribution >= 4 is 17.7 Å². The van der Waals surface area contributed by atoms with E-state index in [1.807, 2.05) is 20.8 Å². The third-order valence-corrected chi connectivity index (χ3v) is 3.01. The fourth-order valence-electron chi connectivity index (χ4n) is 0.966. The average Bonchev–Trinajstić information content (AvgIpc) is 2.65. The monoisotopic (exact) mass is 259 g/mol. The van der Waals surface area contributed by atoms with E-state index < -0.39 is 12.0 Å². The molecule has 1 aromatic heterocycles. The van der Waals surface area contributed by atoms with E-state index >= 15 is 0 Å². The van der Waals surface area contributed by atoms with Crippen LogP contribution >= 0.6 is 11.8 Å². The standard InChI is InChI=1S/C10H17N3O3S/c1-10(2,3)9-12-7(13-16-9)5-17-4-6(11)8(14)15/h6H,4-5,11H2,1-3H3,(H,14,15)/t6-/m0/s1. The molecule has 1 rings (SSSR count). The molecule has 0 fully saturated rings. The van der Waals surface area contributed by atoms with Crippen LogP contribution < -0.4 is 5.73 Å². The van der Waals surface area contributed by atoms with Crippen LogP contribution in [0.25, 0.3) is 0 Å². The highest BCUT2D eigenvalue weighted by Crippen LogP contribution is 2.21. The zero-order chi connectivity index (χ0) is 13.1. The maximum atomic E-state index is 10.5. The molecular formula is C10H17N3O3S. The molecule has 0 unspecified atom stereocenters. The molecule has 7 heteroatoms. The van der Waals surface area contributed by atoms with Crippen LogP contribution in [0.5, 0.6) is 0 Å². The Morgan fingerprint density at radius 2 is 2.24 bits per heavy atom. The van der Waals surface area contributed by atoms with Crippen molar-refractivity contribution in [3.8, 4) is 0 Å². The molecule has 0 aliphatic heterocycles. The Labute approximate surface area is 104 Å². The first kappa shape index (κ1) is 14.0. The Kier molecular flexibility index (Phi) is 4.53. The number of nitrogens with two attached hydrogens (primary N) is 1. The zero-order valence-corrected chi connectivity index (χ0v) is 11.0. The number of hydrogen-bond donors (Lipinski definition) is 2. The second-order valence-corrected chi connectivity index (χ2v) is 5.76. The lowest BCUT2D eigenvalue weighted by atomic mass is 9.97. The van der Waals surface area contributed by atoms with E-state index in [1.165, 1.54) is 11.8 Å². The Morgan fingerprint density at radius 1 is 1.59 bits per heavy atom. The number of nitrogens with zero attached hydrogens (tertiary/aromatic N) is 2. The number of aliphatic carboxylic acids is 1. The molecule has 0 amide bonds. The van der Waals surface area contributed by atoms with Crippen molar-refractivity contribution < 1.29 is 14.4 Å². The Morgan fingerprint density at radius 3 is 2.71 bits per heavy atom. The maximum Gasteiger partial charge on any atom is 0.321 e. The third-order valence-electron chi connectivity index (χ3n) is 1.96. The highest BCUT2D eigenvalue weighted by molar-refractivity contribution is 7.98. The van der Waals surface area contributed by atoms with Crippen LogP contribution in [0.4, 0.5) is 0 Å². The van der Waals surface area contributed by atoms with Gasteiger partial charge in [0.15, 0.2) is 5.82 Å². The molecule has 1 heterocycles. The lowest BCUT2D eigenvalue weighted by Gasteiger charge is -2.10. The van der Waals surface area contributed by atoms with Crippen molar-refractivity contribution in [1.82, 2.24) is 10.1 Å². The van der Waals surface area contributed by atoms with Crippen LogP contribution in [0.2, 0.25) is 0 Å². The Bertz CT molecular complexity index is 386. The second-order valence-electron chi connectivity index (χ2n) is 4.73. The van der Waals surface area contributed by atoms with Gasteiger partial charge in [0.05, 0.1) is 5.75 Å². The van der Waals surface area contributed by atoms with Crippen molar-refractivity contribution in [2.24, 2.45) is 5.73 Å². The van der Waals surface area contributed by atoms with Crippen molar-refractivity contribution in [2.45, 2.75) is 38.0 Å². The average molecular weight is 259 g/mol. The van der Waals surface area contributed by atoms with E-state index in [4.69, 9.17) is 15.4 Å². The number of carbonyl (C=O) groups is 1. The first-order valence-electron chi connectivity index (χ1n) is 5.20. The van der Waals surface area contributed by atoms with Gasteiger partial charge in [-0.3, -0.25) is 4.79 Å². The zero-order valence-electron chi connectivity index (χ0n) is 10.1. The summed E-state index contributed by atoms with van der Waals surface area (Å²) in [6.07, 6.45) is 0. The molecule has 17 heavy (non-hydrogen) atoms. The Balaban J connectivity index is 2.43. The minimum Gasteiger partial charge on any atom is -0.480 e. The van der Waals surface area contributed by atoms with Gasteiger partial charge in [-0.15, -0.1) is 0 Å². The second kappa shape index (κ2) is 5.50. The van der Waals surface area contributed by atoms with Crippen molar-refractivity contribution in [3.63, 3.8) is 0 Å². The molecule has 0 spiro atoms. The lowest BCUT2D eigenvalue weighted by molar-refractivity contribution is -0.137. The first-order valence-corrected chi connectivity index (χ1v) is 6.35. The predicted octanol–water partition coefficient (Wildman–Crippen LogP) is 1.01. The molecule has 0 aromatic carbocycles. The van der Waals surface area contributed by atoms with Crippen LogP contribution in [0.3, 0.4) is 0 Å². The van der Waals surface area contributed by atoms with Gasteiger partial charge in [0.25, 0.3) is 0 Å². The number of rotatable bonds is 5. The highest BCUT2D eigenvalue weighted by atomic mass is 32.2. The minimum atomic E-state index is -0.999. The topological polar surface area (TPSA) is 102 Å². The van der Waals surface area contributed by atoms with Gasteiger partial charge in [-0.25, -0.2) is 0 Å². The molecule has 0 saturated carbocycles. The fraction of sp³-hybridized carbons (Fsp3) is 0.700. The largest absolute Gasteiger partial charge is 0.480 e. The highest BCUT2D eigenvalue weighted by Gasteiger charge is 2.21. The predicted molar refractivity (Wildman–Crippen MR) is 64.8 cm³/mol. The number of carboxylic acid groups (broad SMARTS) is 1. The van der Waals surface area contributed by atoms with Gasteiger partial charge >= 0.3 is 5.97 Å². The molecule has 0 radical (unpaired) electrons. The summed E-state index contributed by atoms with van der Waals surface area (Å²) < 4.78 is 5.11. The van der Waals surface area contributed by atoms with Gasteiger partial charge in [-0.2, -0.15) is 16.7 Å². The van der Waals surface area contributed by atoms with Gasteiger partial charge in [0.2, 0.25) is 5.89 Å². The summed E-state index contributed by atoms with van der Waals surface area (Å²) in [4.78, 5) is 14.7. The van der Waals surface area contributed by atoms with Gasteiger partial charge in [0, 0.05) is 11.2 Å². The fourth-order valence-corrected chi connectivity index (χ4v) is 1.78. The summed E-state index contributed by atoms with van der Waals surface area (Å²) >= 11 is 1.38. The van der Waals surface area contributed by atoms with Crippen molar-refractivity contribution in [2.75, 3.05) is 5.75 Å². The van der Waals surface area contributed by atoms with E-state index in [-0.39, 0.29) is 5.41 Å². The molecule has 0 aliphatic rings. The van der Waals surface area contributed by atoms with Gasteiger partial charge in [-0.1, -0.05) is 25.9 Å². The van der Waals surface area contributed by atoms with E-state index in [1.54, 1.807) is 0 Å². The summed E-state index contributed by atoms with van der Waals surface area (Å²) in [5.74, 6) is 0.976. The van der Waals surface area contributed by atoms with E-state index in [0.717, 1.165) is 0 Å². The van der Waals surface area contributed by atoms with Crippen LogP contribution in [0.15, 0.2) is 4.52 Å². The molecule has 0 bridgehead atoms. The first-order chi connectivity index (χ1) is 7.80. The summed E-state index contributed by atoms with van der Waals surface area (Å²) in [6, 6.07) is -0.853. The lowest BCUT2D eigenvalue weighted by Crippen LogP contribution is -2.32. The van der Waals surface area contributed by atoms with Crippen LogP contribution in [0, 0.1) is 0 Å². The molecule has 6 nitrogen and oxygen atoms in total. The summed E-state index contributed by atoms with van der Waals surface area (Å²) in [5, 5.41) is 12.4. The smallest absolute Gasteiger partial charge is 0.321 e. The summed E-state index contributed by atoms with van der Waals surface area (Å²) in [5.41, 5.74) is 5.20. The van der Waals surface area contributed by atoms with Gasteiger partial charge in [-0.05, 0) is 0 Å². The maximum absolute atomic E-state index is 10.5. The minimum absolute atomic E-state index is 0.173. The van der Waals surface area contributed by atoms with Crippen LogP contribution in [0.1, 0.15) is 32.5 Å². The van der Waals surface area contributed by atoms with Crippen molar-refractivity contribution in [1.29, 1.82) is 0 Å². The van der Waals surface area contributed by atoms with E-state index in [2.05, 4.69) is 10.1 Å². The molecule has 0 saturated heterocycles. The molecule has 0 aliphatic carbocycles.